The van der Waals surface area contributed by atoms with Gasteiger partial charge in [-0.1, -0.05) is 0 Å². The van der Waals surface area contributed by atoms with Crippen molar-refractivity contribution in [1.82, 2.24) is 19.9 Å². The minimum Gasteiger partial charge on any atom is -0.324 e. The van der Waals surface area contributed by atoms with Crippen LogP contribution >= 0.6 is 11.3 Å². The van der Waals surface area contributed by atoms with Crippen molar-refractivity contribution in [2.24, 2.45) is 0 Å². The van der Waals surface area contributed by atoms with Crippen molar-refractivity contribution in [3.63, 3.8) is 0 Å². The van der Waals surface area contributed by atoms with Gasteiger partial charge < -0.3 is 4.90 Å². The number of likely N-dealkylation sites (tertiary alicyclic amines) is 1. The normalized spacial score (nSPS) is 18.5. The lowest BCUT2D eigenvalue weighted by Gasteiger charge is -2.15. The number of nitrogens with one attached hydrogen (secondary N) is 1. The molecule has 0 aromatic carbocycles. The van der Waals surface area contributed by atoms with E-state index in [0.717, 1.165) is 18.8 Å². The Hall–Kier alpha value is -2.02. The summed E-state index contributed by atoms with van der Waals surface area (Å²) in [6.07, 6.45) is 6.04. The Bertz CT molecular complexity index is 545. The standard InChI is InChI=1S/C12H13N5OS/c18-12(16-11-15-5-7-19-11)17-6-2-9(8-17)10-13-3-1-4-14-10/h1,3-5,7,9H,2,6,8H2,(H,15,16,18). The molecule has 1 saturated heterocycles. The van der Waals surface area contributed by atoms with Gasteiger partial charge in [0, 0.05) is 43.0 Å². The van der Waals surface area contributed by atoms with Gasteiger partial charge in [-0.3, -0.25) is 5.32 Å². The van der Waals surface area contributed by atoms with E-state index in [-0.39, 0.29) is 11.9 Å². The van der Waals surface area contributed by atoms with Gasteiger partial charge in [0.2, 0.25) is 0 Å². The molecule has 1 fully saturated rings. The van der Waals surface area contributed by atoms with E-state index in [1.807, 2.05) is 5.38 Å². The first-order chi connectivity index (χ1) is 9.33. The van der Waals surface area contributed by atoms with Gasteiger partial charge in [0.15, 0.2) is 5.13 Å². The molecule has 1 aliphatic heterocycles. The number of amides is 2. The van der Waals surface area contributed by atoms with E-state index in [1.54, 1.807) is 29.6 Å². The minimum absolute atomic E-state index is 0.103. The van der Waals surface area contributed by atoms with Crippen LogP contribution in [0.15, 0.2) is 30.0 Å². The summed E-state index contributed by atoms with van der Waals surface area (Å²) in [6, 6.07) is 1.69. The molecule has 1 aliphatic rings. The topological polar surface area (TPSA) is 71.0 Å². The second-order valence-corrected chi connectivity index (χ2v) is 5.20. The quantitative estimate of drug-likeness (QED) is 0.909. The first-order valence-electron chi connectivity index (χ1n) is 6.05. The highest BCUT2D eigenvalue weighted by atomic mass is 32.1. The molecule has 2 aromatic rings. The van der Waals surface area contributed by atoms with Gasteiger partial charge in [-0.25, -0.2) is 19.7 Å². The molecule has 0 bridgehead atoms. The number of carbonyl (C=O) groups excluding carboxylic acids is 1. The molecule has 2 amide bonds. The molecular weight excluding hydrogens is 262 g/mol. The van der Waals surface area contributed by atoms with Crippen molar-refractivity contribution in [3.8, 4) is 0 Å². The Kier molecular flexibility index (Phi) is 3.37. The lowest BCUT2D eigenvalue weighted by atomic mass is 10.1. The number of aromatic nitrogens is 3. The second kappa shape index (κ2) is 5.31. The monoisotopic (exact) mass is 275 g/mol. The van der Waals surface area contributed by atoms with Crippen LogP contribution in [0.5, 0.6) is 0 Å². The van der Waals surface area contributed by atoms with Gasteiger partial charge >= 0.3 is 6.03 Å². The molecule has 98 valence electrons. The Morgan fingerprint density at radius 1 is 1.32 bits per heavy atom. The van der Waals surface area contributed by atoms with Crippen molar-refractivity contribution in [3.05, 3.63) is 35.9 Å². The molecule has 0 spiro atoms. The highest BCUT2D eigenvalue weighted by Crippen LogP contribution is 2.24. The Morgan fingerprint density at radius 3 is 2.89 bits per heavy atom. The smallest absolute Gasteiger partial charge is 0.323 e. The Morgan fingerprint density at radius 2 is 2.16 bits per heavy atom. The largest absolute Gasteiger partial charge is 0.324 e. The van der Waals surface area contributed by atoms with Crippen LogP contribution in [0.1, 0.15) is 18.2 Å². The van der Waals surface area contributed by atoms with Crippen LogP contribution < -0.4 is 5.32 Å². The van der Waals surface area contributed by atoms with E-state index >= 15 is 0 Å². The molecule has 3 rings (SSSR count). The lowest BCUT2D eigenvalue weighted by molar-refractivity contribution is 0.222. The zero-order valence-corrected chi connectivity index (χ0v) is 11.0. The second-order valence-electron chi connectivity index (χ2n) is 4.31. The maximum Gasteiger partial charge on any atom is 0.323 e. The van der Waals surface area contributed by atoms with Gasteiger partial charge in [-0.15, -0.1) is 11.3 Å². The number of carbonyl (C=O) groups is 1. The number of thiazole rings is 1. The van der Waals surface area contributed by atoms with E-state index in [0.29, 0.717) is 11.7 Å². The van der Waals surface area contributed by atoms with Gasteiger partial charge in [-0.2, -0.15) is 0 Å². The van der Waals surface area contributed by atoms with Crippen LogP contribution in [-0.2, 0) is 0 Å². The summed E-state index contributed by atoms with van der Waals surface area (Å²) in [7, 11) is 0. The number of rotatable bonds is 2. The first-order valence-corrected chi connectivity index (χ1v) is 6.93. The van der Waals surface area contributed by atoms with Gasteiger partial charge in [0.05, 0.1) is 0 Å². The zero-order valence-electron chi connectivity index (χ0n) is 10.2. The Balaban J connectivity index is 1.61. The summed E-state index contributed by atoms with van der Waals surface area (Å²) in [4.78, 5) is 26.4. The fourth-order valence-electron chi connectivity index (χ4n) is 2.13. The summed E-state index contributed by atoms with van der Waals surface area (Å²) in [6.45, 7) is 1.38. The SMILES string of the molecule is O=C(Nc1nccs1)N1CCC(c2ncccn2)C1. The van der Waals surface area contributed by atoms with Gasteiger partial charge in [0.1, 0.15) is 5.82 Å². The minimum atomic E-state index is -0.103. The third-order valence-corrected chi connectivity index (χ3v) is 3.76. The average Bonchev–Trinajstić information content (AvgIpc) is 3.10. The van der Waals surface area contributed by atoms with Crippen molar-refractivity contribution >= 4 is 22.5 Å². The van der Waals surface area contributed by atoms with E-state index in [1.165, 1.54) is 11.3 Å². The number of urea groups is 1. The number of anilines is 1. The van der Waals surface area contributed by atoms with E-state index in [9.17, 15) is 4.79 Å². The van der Waals surface area contributed by atoms with E-state index in [4.69, 9.17) is 0 Å². The summed E-state index contributed by atoms with van der Waals surface area (Å²) in [5, 5.41) is 5.25. The Labute approximate surface area is 114 Å². The number of nitrogens with zero attached hydrogens (tertiary/aromatic N) is 4. The fraction of sp³-hybridized carbons (Fsp3) is 0.333. The fourth-order valence-corrected chi connectivity index (χ4v) is 2.65. The van der Waals surface area contributed by atoms with Crippen LogP contribution in [0.3, 0.4) is 0 Å². The lowest BCUT2D eigenvalue weighted by Crippen LogP contribution is -2.32. The highest BCUT2D eigenvalue weighted by molar-refractivity contribution is 7.13. The molecule has 0 saturated carbocycles. The highest BCUT2D eigenvalue weighted by Gasteiger charge is 2.29. The van der Waals surface area contributed by atoms with Crippen molar-refractivity contribution in [2.45, 2.75) is 12.3 Å². The molecule has 19 heavy (non-hydrogen) atoms. The molecule has 0 aliphatic carbocycles. The van der Waals surface area contributed by atoms with Crippen LogP contribution in [0.25, 0.3) is 0 Å². The van der Waals surface area contributed by atoms with Crippen molar-refractivity contribution < 1.29 is 4.79 Å². The molecule has 0 radical (unpaired) electrons. The molecule has 7 heteroatoms. The maximum atomic E-state index is 12.0. The van der Waals surface area contributed by atoms with Crippen LogP contribution in [0, 0.1) is 0 Å². The molecule has 1 atom stereocenters. The van der Waals surface area contributed by atoms with Crippen molar-refractivity contribution in [1.29, 1.82) is 0 Å². The molecule has 3 heterocycles. The molecule has 1 unspecified atom stereocenters. The van der Waals surface area contributed by atoms with Crippen LogP contribution in [-0.4, -0.2) is 39.0 Å². The summed E-state index contributed by atoms with van der Waals surface area (Å²) in [5.41, 5.74) is 0. The zero-order chi connectivity index (χ0) is 13.1. The predicted octanol–water partition coefficient (Wildman–Crippen LogP) is 1.95. The summed E-state index contributed by atoms with van der Waals surface area (Å²) >= 11 is 1.41. The van der Waals surface area contributed by atoms with Gasteiger partial charge in [0.25, 0.3) is 0 Å². The van der Waals surface area contributed by atoms with E-state index in [2.05, 4.69) is 20.3 Å². The molecule has 6 nitrogen and oxygen atoms in total. The van der Waals surface area contributed by atoms with Crippen LogP contribution in [0.2, 0.25) is 0 Å². The molecule has 2 aromatic heterocycles. The third-order valence-electron chi connectivity index (χ3n) is 3.07. The molecular formula is C12H13N5OS. The third kappa shape index (κ3) is 2.70. The first kappa shape index (κ1) is 12.0. The molecule has 1 N–H and O–H groups in total. The average molecular weight is 275 g/mol. The summed E-state index contributed by atoms with van der Waals surface area (Å²) in [5.74, 6) is 1.04. The van der Waals surface area contributed by atoms with Gasteiger partial charge in [-0.05, 0) is 12.5 Å². The number of hydrogen-bond donors (Lipinski definition) is 1. The van der Waals surface area contributed by atoms with Crippen LogP contribution in [0.4, 0.5) is 9.93 Å². The summed E-state index contributed by atoms with van der Waals surface area (Å²) < 4.78 is 0. The van der Waals surface area contributed by atoms with E-state index < -0.39 is 0 Å². The maximum absolute atomic E-state index is 12.0. The number of hydrogen-bond acceptors (Lipinski definition) is 5. The van der Waals surface area contributed by atoms with Crippen molar-refractivity contribution in [2.75, 3.05) is 18.4 Å². The predicted molar refractivity (Wildman–Crippen MR) is 72.1 cm³/mol.